The van der Waals surface area contributed by atoms with Crippen LogP contribution in [0.4, 0.5) is 10.5 Å². The average molecular weight is 483 g/mol. The molecule has 1 aromatic heterocycles. The molecule has 28 heavy (non-hydrogen) atoms. The molecule has 1 amide bonds. The van der Waals surface area contributed by atoms with E-state index in [1.165, 1.54) is 24.2 Å². The molecule has 0 aliphatic rings. The lowest BCUT2D eigenvalue weighted by Gasteiger charge is -2.23. The number of carbonyl (C=O) groups is 1. The number of hydrogen-bond donors (Lipinski definition) is 1. The third kappa shape index (κ3) is 4.04. The minimum Gasteiger partial charge on any atom is -0.463 e. The topological polar surface area (TPSA) is 75.4 Å². The summed E-state index contributed by atoms with van der Waals surface area (Å²) in [5, 5.41) is 11.5. The Bertz CT molecular complexity index is 1120. The molecule has 0 aliphatic heterocycles. The second kappa shape index (κ2) is 8.55. The van der Waals surface area contributed by atoms with Crippen LogP contribution in [0.15, 0.2) is 50.8 Å². The number of hydrogen-bond acceptors (Lipinski definition) is 4. The summed E-state index contributed by atoms with van der Waals surface area (Å²) in [6.45, 7) is 3.89. The number of amides is 1. The van der Waals surface area contributed by atoms with Crippen molar-refractivity contribution >= 4 is 62.0 Å². The normalized spacial score (nSPS) is 11.0. The average Bonchev–Trinajstić information content (AvgIpc) is 2.63. The number of thioether (sulfide) groups is 1. The zero-order valence-electron chi connectivity index (χ0n) is 15.1. The van der Waals surface area contributed by atoms with Crippen molar-refractivity contribution in [3.63, 3.8) is 0 Å². The van der Waals surface area contributed by atoms with Crippen molar-refractivity contribution in [3.05, 3.63) is 62.1 Å². The molecular weight excluding hydrogens is 466 g/mol. The van der Waals surface area contributed by atoms with Crippen LogP contribution in [0.2, 0.25) is 5.02 Å². The van der Waals surface area contributed by atoms with E-state index in [9.17, 15) is 14.7 Å². The predicted molar refractivity (Wildman–Crippen MR) is 117 cm³/mol. The largest absolute Gasteiger partial charge is 0.463 e. The van der Waals surface area contributed by atoms with Crippen molar-refractivity contribution in [3.8, 4) is 0 Å². The molecule has 146 valence electrons. The van der Waals surface area contributed by atoms with E-state index in [1.54, 1.807) is 18.2 Å². The molecule has 3 aromatic rings. The SMILES string of the molecule is CCCSc1ccc(Cl)cc1N(C(=O)O)n1cnc2c(Br)cc(C)cc2c1=O. The summed E-state index contributed by atoms with van der Waals surface area (Å²) < 4.78 is 1.67. The van der Waals surface area contributed by atoms with Gasteiger partial charge in [0, 0.05) is 14.4 Å². The number of halogens is 2. The van der Waals surface area contributed by atoms with Gasteiger partial charge in [-0.2, -0.15) is 9.69 Å². The molecule has 0 saturated carbocycles. The van der Waals surface area contributed by atoms with Gasteiger partial charge < -0.3 is 5.11 Å². The van der Waals surface area contributed by atoms with Crippen LogP contribution in [-0.2, 0) is 0 Å². The number of fused-ring (bicyclic) bond motifs is 1. The molecule has 0 atom stereocenters. The van der Waals surface area contributed by atoms with E-state index in [4.69, 9.17) is 11.6 Å². The summed E-state index contributed by atoms with van der Waals surface area (Å²) in [6.07, 6.45) is 0.828. The molecule has 0 fully saturated rings. The quantitative estimate of drug-likeness (QED) is 0.481. The van der Waals surface area contributed by atoms with Gasteiger partial charge in [-0.05, 0) is 70.9 Å². The first-order chi connectivity index (χ1) is 13.3. The maximum atomic E-state index is 13.1. The van der Waals surface area contributed by atoms with E-state index in [0.717, 1.165) is 27.4 Å². The lowest BCUT2D eigenvalue weighted by Crippen LogP contribution is -2.42. The number of rotatable bonds is 5. The molecule has 6 nitrogen and oxygen atoms in total. The fraction of sp³-hybridized carbons (Fsp3) is 0.211. The van der Waals surface area contributed by atoms with E-state index in [0.29, 0.717) is 31.0 Å². The molecular formula is C19H17BrClN3O3S. The van der Waals surface area contributed by atoms with E-state index >= 15 is 0 Å². The zero-order valence-corrected chi connectivity index (χ0v) is 18.3. The van der Waals surface area contributed by atoms with Crippen molar-refractivity contribution in [1.82, 2.24) is 9.66 Å². The molecule has 1 N–H and O–H groups in total. The maximum absolute atomic E-state index is 13.1. The lowest BCUT2D eigenvalue weighted by atomic mass is 10.2. The number of aryl methyl sites for hydroxylation is 1. The summed E-state index contributed by atoms with van der Waals surface area (Å²) in [5.74, 6) is 0.805. The maximum Gasteiger partial charge on any atom is 0.431 e. The van der Waals surface area contributed by atoms with Crippen molar-refractivity contribution in [2.45, 2.75) is 25.2 Å². The van der Waals surface area contributed by atoms with Crippen LogP contribution >= 0.6 is 39.3 Å². The first kappa shape index (κ1) is 20.7. The van der Waals surface area contributed by atoms with Gasteiger partial charge in [-0.1, -0.05) is 18.5 Å². The lowest BCUT2D eigenvalue weighted by molar-refractivity contribution is 0.198. The van der Waals surface area contributed by atoms with Gasteiger partial charge in [0.05, 0.1) is 16.6 Å². The number of benzene rings is 2. The fourth-order valence-electron chi connectivity index (χ4n) is 2.76. The monoisotopic (exact) mass is 481 g/mol. The second-order valence-electron chi connectivity index (χ2n) is 6.09. The summed E-state index contributed by atoms with van der Waals surface area (Å²) in [7, 11) is 0. The molecule has 0 radical (unpaired) electrons. The van der Waals surface area contributed by atoms with Gasteiger partial charge in [0.25, 0.3) is 5.56 Å². The second-order valence-corrected chi connectivity index (χ2v) is 8.52. The molecule has 2 aromatic carbocycles. The van der Waals surface area contributed by atoms with Crippen LogP contribution in [-0.4, -0.2) is 26.6 Å². The minimum atomic E-state index is -1.31. The van der Waals surface area contributed by atoms with Crippen molar-refractivity contribution in [1.29, 1.82) is 0 Å². The Labute approximate surface area is 179 Å². The first-order valence-corrected chi connectivity index (χ1v) is 10.6. The van der Waals surface area contributed by atoms with E-state index in [-0.39, 0.29) is 0 Å². The highest BCUT2D eigenvalue weighted by molar-refractivity contribution is 9.10. The predicted octanol–water partition coefficient (Wildman–Crippen LogP) is 5.57. The van der Waals surface area contributed by atoms with Gasteiger partial charge in [-0.25, -0.2) is 9.78 Å². The molecule has 1 heterocycles. The third-order valence-electron chi connectivity index (χ3n) is 3.95. The smallest absolute Gasteiger partial charge is 0.431 e. The summed E-state index contributed by atoms with van der Waals surface area (Å²) in [5.41, 5.74) is 1.17. The molecule has 3 rings (SSSR count). The van der Waals surface area contributed by atoms with Crippen LogP contribution in [0.1, 0.15) is 18.9 Å². The van der Waals surface area contributed by atoms with Crippen LogP contribution in [0.25, 0.3) is 10.9 Å². The van der Waals surface area contributed by atoms with Gasteiger partial charge in [0.15, 0.2) is 0 Å². The highest BCUT2D eigenvalue weighted by Gasteiger charge is 2.23. The first-order valence-electron chi connectivity index (χ1n) is 8.46. The number of carboxylic acid groups (broad SMARTS) is 1. The van der Waals surface area contributed by atoms with Crippen LogP contribution in [0, 0.1) is 6.92 Å². The Morgan fingerprint density at radius 1 is 1.36 bits per heavy atom. The standard InChI is InChI=1S/C19H17BrClN3O3S/c1-3-6-28-16-5-4-12(21)9-15(16)24(19(26)27)23-10-22-17-13(18(23)25)7-11(2)8-14(17)20/h4-5,7-10H,3,6H2,1-2H3,(H,26,27). The van der Waals surface area contributed by atoms with Gasteiger partial charge in [-0.3, -0.25) is 4.79 Å². The summed E-state index contributed by atoms with van der Waals surface area (Å²) >= 11 is 11.0. The Balaban J connectivity index is 2.25. The highest BCUT2D eigenvalue weighted by atomic mass is 79.9. The van der Waals surface area contributed by atoms with E-state index in [2.05, 4.69) is 20.9 Å². The third-order valence-corrected chi connectivity index (χ3v) is 6.06. The molecule has 0 aliphatic carbocycles. The van der Waals surface area contributed by atoms with Crippen molar-refractivity contribution < 1.29 is 9.90 Å². The van der Waals surface area contributed by atoms with Gasteiger partial charge >= 0.3 is 6.09 Å². The van der Waals surface area contributed by atoms with Crippen LogP contribution < -0.4 is 10.6 Å². The minimum absolute atomic E-state index is 0.313. The van der Waals surface area contributed by atoms with Crippen LogP contribution in [0.5, 0.6) is 0 Å². The number of aromatic nitrogens is 2. The van der Waals surface area contributed by atoms with Gasteiger partial charge in [-0.15, -0.1) is 11.8 Å². The summed E-state index contributed by atoms with van der Waals surface area (Å²) in [6, 6.07) is 8.54. The Hall–Kier alpha value is -2.03. The number of nitrogens with zero attached hydrogens (tertiary/aromatic N) is 3. The fourth-order valence-corrected chi connectivity index (χ4v) is 4.49. The Kier molecular flexibility index (Phi) is 6.32. The molecule has 9 heteroatoms. The summed E-state index contributed by atoms with van der Waals surface area (Å²) in [4.78, 5) is 30.3. The van der Waals surface area contributed by atoms with Gasteiger partial charge in [0.2, 0.25) is 0 Å². The molecule has 0 bridgehead atoms. The van der Waals surface area contributed by atoms with E-state index < -0.39 is 11.7 Å². The van der Waals surface area contributed by atoms with Gasteiger partial charge in [0.1, 0.15) is 6.33 Å². The number of anilines is 1. The van der Waals surface area contributed by atoms with Crippen molar-refractivity contribution in [2.75, 3.05) is 10.8 Å². The van der Waals surface area contributed by atoms with Crippen LogP contribution in [0.3, 0.4) is 0 Å². The van der Waals surface area contributed by atoms with E-state index in [1.807, 2.05) is 19.9 Å². The zero-order chi connectivity index (χ0) is 20.4. The highest BCUT2D eigenvalue weighted by Crippen LogP contribution is 2.33. The molecule has 0 unspecified atom stereocenters. The Morgan fingerprint density at radius 2 is 2.11 bits per heavy atom. The van der Waals surface area contributed by atoms with Crippen molar-refractivity contribution in [2.24, 2.45) is 0 Å². The Morgan fingerprint density at radius 3 is 2.79 bits per heavy atom. The molecule has 0 spiro atoms. The molecule has 0 saturated heterocycles.